The fourth-order valence-corrected chi connectivity index (χ4v) is 3.27. The first-order chi connectivity index (χ1) is 13.9. The quantitative estimate of drug-likeness (QED) is 0.434. The molecule has 1 aromatic rings. The van der Waals surface area contributed by atoms with Crippen LogP contribution in [0.25, 0.3) is 0 Å². The molecular weight excluding hydrogens is 404 g/mol. The Bertz CT molecular complexity index is 697. The van der Waals surface area contributed by atoms with E-state index in [9.17, 15) is 13.6 Å². The molecule has 7 nitrogen and oxygen atoms in total. The Morgan fingerprint density at radius 2 is 2.10 bits per heavy atom. The van der Waals surface area contributed by atoms with Crippen LogP contribution in [-0.4, -0.2) is 62.6 Å². The Balaban J connectivity index is 1.97. The minimum atomic E-state index is -2.91. The molecule has 0 radical (unpaired) electrons. The molecule has 10 heteroatoms. The summed E-state index contributed by atoms with van der Waals surface area (Å²) in [7, 11) is 1.63. The van der Waals surface area contributed by atoms with E-state index in [1.165, 1.54) is 12.1 Å². The molecule has 29 heavy (non-hydrogen) atoms. The molecule has 1 fully saturated rings. The number of amides is 1. The monoisotopic (exact) mass is 431 g/mol. The van der Waals surface area contributed by atoms with Crippen molar-refractivity contribution in [2.75, 3.05) is 33.2 Å². The van der Waals surface area contributed by atoms with Crippen molar-refractivity contribution in [1.29, 1.82) is 0 Å². The number of hydrogen-bond donors (Lipinski definition) is 3. The lowest BCUT2D eigenvalue weighted by atomic mass is 10.1. The number of alkyl halides is 2. The van der Waals surface area contributed by atoms with Crippen LogP contribution in [0.3, 0.4) is 0 Å². The van der Waals surface area contributed by atoms with Gasteiger partial charge in [-0.05, 0) is 38.0 Å². The number of likely N-dealkylation sites (N-methyl/N-ethyl adjacent to an activating group) is 1. The highest BCUT2D eigenvalue weighted by molar-refractivity contribution is 6.30. The summed E-state index contributed by atoms with van der Waals surface area (Å²) in [6.45, 7) is 1.87. The number of halogens is 3. The molecule has 0 spiro atoms. The van der Waals surface area contributed by atoms with Gasteiger partial charge < -0.3 is 20.7 Å². The second-order valence-corrected chi connectivity index (χ2v) is 7.13. The van der Waals surface area contributed by atoms with E-state index in [0.717, 1.165) is 25.9 Å². The van der Waals surface area contributed by atoms with Gasteiger partial charge in [-0.1, -0.05) is 11.6 Å². The van der Waals surface area contributed by atoms with Gasteiger partial charge in [0.25, 0.3) is 0 Å². The van der Waals surface area contributed by atoms with Gasteiger partial charge in [-0.2, -0.15) is 8.78 Å². The van der Waals surface area contributed by atoms with Crippen LogP contribution in [0.5, 0.6) is 5.75 Å². The number of likely N-dealkylation sites (tertiary alicyclic amines) is 1. The van der Waals surface area contributed by atoms with Crippen LogP contribution in [0.4, 0.5) is 8.78 Å². The first-order valence-electron chi connectivity index (χ1n) is 9.62. The van der Waals surface area contributed by atoms with Crippen molar-refractivity contribution in [3.8, 4) is 5.75 Å². The highest BCUT2D eigenvalue weighted by atomic mass is 35.5. The molecule has 2 rings (SSSR count). The van der Waals surface area contributed by atoms with Gasteiger partial charge in [0.05, 0.1) is 13.1 Å². The van der Waals surface area contributed by atoms with Crippen molar-refractivity contribution >= 4 is 23.5 Å². The first kappa shape index (κ1) is 23.2. The molecule has 1 aliphatic heterocycles. The third-order valence-corrected chi connectivity index (χ3v) is 4.80. The Kier molecular flexibility index (Phi) is 9.40. The topological polar surface area (TPSA) is 78.0 Å². The van der Waals surface area contributed by atoms with Crippen LogP contribution in [-0.2, 0) is 11.3 Å². The predicted octanol–water partition coefficient (Wildman–Crippen LogP) is 2.21. The number of ether oxygens (including phenoxy) is 1. The van der Waals surface area contributed by atoms with Gasteiger partial charge in [0.1, 0.15) is 5.75 Å². The maximum absolute atomic E-state index is 12.6. The van der Waals surface area contributed by atoms with Crippen molar-refractivity contribution in [3.05, 3.63) is 28.8 Å². The number of carbonyl (C=O) groups excluding carboxylic acids is 1. The number of rotatable bonds is 8. The van der Waals surface area contributed by atoms with Crippen molar-refractivity contribution in [1.82, 2.24) is 20.9 Å². The standard InChI is InChI=1S/C19H28ClF2N5O2/c1-3-24-19(26-15-6-8-27(9-7-15)12-17(28)23-2)25-11-13-10-14(20)4-5-16(13)29-18(21)22/h4-5,10,15,18H,3,6-9,11-12H2,1-2H3,(H,23,28)(H2,24,25,26). The smallest absolute Gasteiger partial charge is 0.387 e. The van der Waals surface area contributed by atoms with Gasteiger partial charge in [0.15, 0.2) is 5.96 Å². The van der Waals surface area contributed by atoms with E-state index in [1.807, 2.05) is 6.92 Å². The van der Waals surface area contributed by atoms with E-state index in [4.69, 9.17) is 11.6 Å². The van der Waals surface area contributed by atoms with Crippen molar-refractivity contribution in [3.63, 3.8) is 0 Å². The van der Waals surface area contributed by atoms with Crippen molar-refractivity contribution in [2.24, 2.45) is 4.99 Å². The number of nitrogens with one attached hydrogen (secondary N) is 3. The summed E-state index contributed by atoms with van der Waals surface area (Å²) in [6.07, 6.45) is 1.75. The average Bonchev–Trinajstić information content (AvgIpc) is 2.69. The molecule has 1 aromatic carbocycles. The lowest BCUT2D eigenvalue weighted by Gasteiger charge is -2.32. The van der Waals surface area contributed by atoms with Gasteiger partial charge >= 0.3 is 6.61 Å². The number of benzene rings is 1. The lowest BCUT2D eigenvalue weighted by molar-refractivity contribution is -0.122. The highest BCUT2D eigenvalue weighted by Gasteiger charge is 2.21. The maximum atomic E-state index is 12.6. The van der Waals surface area contributed by atoms with E-state index in [1.54, 1.807) is 13.1 Å². The molecule has 0 atom stereocenters. The lowest BCUT2D eigenvalue weighted by Crippen LogP contribution is -2.50. The number of carbonyl (C=O) groups is 1. The zero-order valence-electron chi connectivity index (χ0n) is 16.7. The maximum Gasteiger partial charge on any atom is 0.387 e. The first-order valence-corrected chi connectivity index (χ1v) is 10.00. The van der Waals surface area contributed by atoms with Crippen LogP contribution in [0.15, 0.2) is 23.2 Å². The summed E-state index contributed by atoms with van der Waals surface area (Å²) in [4.78, 5) is 18.1. The second-order valence-electron chi connectivity index (χ2n) is 6.69. The van der Waals surface area contributed by atoms with Gasteiger partial charge in [-0.3, -0.25) is 9.69 Å². The van der Waals surface area contributed by atoms with Gasteiger partial charge in [0, 0.05) is 43.3 Å². The molecule has 1 saturated heterocycles. The molecule has 0 bridgehead atoms. The summed E-state index contributed by atoms with van der Waals surface area (Å²) < 4.78 is 29.8. The summed E-state index contributed by atoms with van der Waals surface area (Å²) in [5.74, 6) is 0.668. The van der Waals surface area contributed by atoms with E-state index in [0.29, 0.717) is 29.6 Å². The molecule has 0 aliphatic carbocycles. The van der Waals surface area contributed by atoms with E-state index in [2.05, 4.69) is 30.6 Å². The summed E-state index contributed by atoms with van der Waals surface area (Å²) in [6, 6.07) is 4.71. The molecule has 3 N–H and O–H groups in total. The average molecular weight is 432 g/mol. The minimum absolute atomic E-state index is 0.00894. The summed E-state index contributed by atoms with van der Waals surface area (Å²) >= 11 is 5.99. The molecule has 162 valence electrons. The van der Waals surface area contributed by atoms with Crippen LogP contribution in [0, 0.1) is 0 Å². The summed E-state index contributed by atoms with van der Waals surface area (Å²) in [5, 5.41) is 9.61. The Morgan fingerprint density at radius 1 is 1.38 bits per heavy atom. The highest BCUT2D eigenvalue weighted by Crippen LogP contribution is 2.25. The fraction of sp³-hybridized carbons (Fsp3) is 0.579. The molecule has 1 amide bonds. The van der Waals surface area contributed by atoms with Gasteiger partial charge in [-0.25, -0.2) is 4.99 Å². The summed E-state index contributed by atoms with van der Waals surface area (Å²) in [5.41, 5.74) is 0.482. The number of piperidine rings is 1. The molecule has 0 aromatic heterocycles. The van der Waals surface area contributed by atoms with Crippen LogP contribution in [0.1, 0.15) is 25.3 Å². The normalized spacial score (nSPS) is 16.0. The van der Waals surface area contributed by atoms with E-state index >= 15 is 0 Å². The number of hydrogen-bond acceptors (Lipinski definition) is 4. The van der Waals surface area contributed by atoms with E-state index in [-0.39, 0.29) is 24.2 Å². The predicted molar refractivity (Wildman–Crippen MR) is 110 cm³/mol. The molecule has 1 aliphatic rings. The Morgan fingerprint density at radius 3 is 2.72 bits per heavy atom. The zero-order valence-corrected chi connectivity index (χ0v) is 17.4. The van der Waals surface area contributed by atoms with Gasteiger partial charge in [-0.15, -0.1) is 0 Å². The van der Waals surface area contributed by atoms with Crippen molar-refractivity contribution in [2.45, 2.75) is 39.0 Å². The Hall–Kier alpha value is -2.13. The second kappa shape index (κ2) is 11.8. The molecule has 1 heterocycles. The molecule has 0 saturated carbocycles. The van der Waals surface area contributed by atoms with Crippen molar-refractivity contribution < 1.29 is 18.3 Å². The van der Waals surface area contributed by atoms with Crippen LogP contribution >= 0.6 is 11.6 Å². The van der Waals surface area contributed by atoms with Crippen LogP contribution < -0.4 is 20.7 Å². The number of nitrogens with zero attached hydrogens (tertiary/aromatic N) is 2. The van der Waals surface area contributed by atoms with E-state index < -0.39 is 6.61 Å². The Labute approximate surface area is 174 Å². The SMILES string of the molecule is CCNC(=NCc1cc(Cl)ccc1OC(F)F)NC1CCN(CC(=O)NC)CC1. The largest absolute Gasteiger partial charge is 0.434 e. The molecule has 0 unspecified atom stereocenters. The fourth-order valence-electron chi connectivity index (χ4n) is 3.08. The number of guanidine groups is 1. The van der Waals surface area contributed by atoms with Crippen LogP contribution in [0.2, 0.25) is 5.02 Å². The third-order valence-electron chi connectivity index (χ3n) is 4.56. The minimum Gasteiger partial charge on any atom is -0.434 e. The molecular formula is C19H28ClF2N5O2. The zero-order chi connectivity index (χ0) is 21.2. The third kappa shape index (κ3) is 8.02. The van der Waals surface area contributed by atoms with Gasteiger partial charge in [0.2, 0.25) is 5.91 Å². The number of aliphatic imine (C=N–C) groups is 1.